The Kier molecular flexibility index (Phi) is 4.37. The van der Waals surface area contributed by atoms with Gasteiger partial charge in [0.2, 0.25) is 0 Å². The smallest absolute Gasteiger partial charge is 0.180 e. The zero-order valence-electron chi connectivity index (χ0n) is 12.0. The fraction of sp³-hybridized carbons (Fsp3) is 0.625. The Bertz CT molecular complexity index is 468. The molecule has 1 saturated heterocycles. The van der Waals surface area contributed by atoms with Gasteiger partial charge in [0, 0.05) is 0 Å². The molecule has 1 aromatic carbocycles. The van der Waals surface area contributed by atoms with Crippen LogP contribution in [0.3, 0.4) is 0 Å². The molecule has 1 atom stereocenters. The van der Waals surface area contributed by atoms with Gasteiger partial charge in [-0.1, -0.05) is 11.6 Å². The molecule has 0 aromatic heterocycles. The Labute approximate surface area is 125 Å². The van der Waals surface area contributed by atoms with Crippen molar-refractivity contribution in [2.75, 3.05) is 20.2 Å². The lowest BCUT2D eigenvalue weighted by Crippen LogP contribution is -2.30. The van der Waals surface area contributed by atoms with E-state index in [1.54, 1.807) is 7.11 Å². The van der Waals surface area contributed by atoms with Gasteiger partial charge in [-0.3, -0.25) is 0 Å². The Hall–Kier alpha value is -0.930. The van der Waals surface area contributed by atoms with Crippen molar-refractivity contribution < 1.29 is 9.47 Å². The summed E-state index contributed by atoms with van der Waals surface area (Å²) >= 11 is 6.38. The summed E-state index contributed by atoms with van der Waals surface area (Å²) in [6, 6.07) is 4.12. The summed E-state index contributed by atoms with van der Waals surface area (Å²) < 4.78 is 11.3. The predicted octanol–water partition coefficient (Wildman–Crippen LogP) is 3.43. The summed E-state index contributed by atoms with van der Waals surface area (Å²) in [6.07, 6.45) is 6.16. The Morgan fingerprint density at radius 2 is 2.15 bits per heavy atom. The standard InChI is InChI=1S/C16H22ClNO2/c1-19-15-9-12(7-11-3-2-6-18-10-11)8-14(17)16(15)20-13-4-5-13/h8-9,11,13,18H,2-7,10H2,1H3. The first-order valence-corrected chi connectivity index (χ1v) is 7.88. The maximum atomic E-state index is 6.38. The van der Waals surface area contributed by atoms with E-state index in [4.69, 9.17) is 21.1 Å². The molecule has 3 rings (SSSR count). The average Bonchev–Trinajstić information content (AvgIpc) is 3.26. The lowest BCUT2D eigenvalue weighted by Gasteiger charge is -2.23. The van der Waals surface area contributed by atoms with Crippen molar-refractivity contribution in [1.29, 1.82) is 0 Å². The van der Waals surface area contributed by atoms with Crippen LogP contribution >= 0.6 is 11.6 Å². The Morgan fingerprint density at radius 3 is 2.80 bits per heavy atom. The first kappa shape index (κ1) is 14.0. The van der Waals surface area contributed by atoms with E-state index < -0.39 is 0 Å². The van der Waals surface area contributed by atoms with Crippen LogP contribution in [0.2, 0.25) is 5.02 Å². The summed E-state index contributed by atoms with van der Waals surface area (Å²) in [5.41, 5.74) is 1.24. The summed E-state index contributed by atoms with van der Waals surface area (Å²) in [7, 11) is 1.68. The molecule has 0 bridgehead atoms. The van der Waals surface area contributed by atoms with Crippen LogP contribution in [0.15, 0.2) is 12.1 Å². The molecule has 1 N–H and O–H groups in total. The molecule has 2 aliphatic rings. The van der Waals surface area contributed by atoms with Crippen LogP contribution in [0, 0.1) is 5.92 Å². The number of ether oxygens (including phenoxy) is 2. The lowest BCUT2D eigenvalue weighted by atomic mass is 9.92. The van der Waals surface area contributed by atoms with E-state index in [0.29, 0.717) is 22.8 Å². The maximum absolute atomic E-state index is 6.38. The monoisotopic (exact) mass is 295 g/mol. The van der Waals surface area contributed by atoms with Gasteiger partial charge in [-0.25, -0.2) is 0 Å². The van der Waals surface area contributed by atoms with Crippen molar-refractivity contribution in [3.63, 3.8) is 0 Å². The maximum Gasteiger partial charge on any atom is 0.180 e. The highest BCUT2D eigenvalue weighted by molar-refractivity contribution is 6.32. The molecule has 20 heavy (non-hydrogen) atoms. The molecule has 1 aliphatic carbocycles. The van der Waals surface area contributed by atoms with Crippen LogP contribution in [0.5, 0.6) is 11.5 Å². The Morgan fingerprint density at radius 1 is 1.30 bits per heavy atom. The summed E-state index contributed by atoms with van der Waals surface area (Å²) in [4.78, 5) is 0. The first-order chi connectivity index (χ1) is 9.76. The van der Waals surface area contributed by atoms with Crippen molar-refractivity contribution in [3.05, 3.63) is 22.7 Å². The number of hydrogen-bond donors (Lipinski definition) is 1. The second-order valence-corrected chi connectivity index (χ2v) is 6.25. The fourth-order valence-corrected chi connectivity index (χ4v) is 3.07. The average molecular weight is 296 g/mol. The number of rotatable bonds is 5. The van der Waals surface area contributed by atoms with Crippen molar-refractivity contribution >= 4 is 11.6 Å². The highest BCUT2D eigenvalue weighted by Crippen LogP contribution is 2.40. The van der Waals surface area contributed by atoms with Gasteiger partial charge in [0.15, 0.2) is 11.5 Å². The quantitative estimate of drug-likeness (QED) is 0.903. The van der Waals surface area contributed by atoms with Gasteiger partial charge in [0.05, 0.1) is 18.2 Å². The molecule has 1 saturated carbocycles. The molecular weight excluding hydrogens is 274 g/mol. The zero-order chi connectivity index (χ0) is 13.9. The molecule has 0 spiro atoms. The van der Waals surface area contributed by atoms with Gasteiger partial charge in [-0.05, 0) is 68.8 Å². The molecule has 0 radical (unpaired) electrons. The molecule has 0 amide bonds. The van der Waals surface area contributed by atoms with E-state index >= 15 is 0 Å². The van der Waals surface area contributed by atoms with Crippen LogP contribution in [0.25, 0.3) is 0 Å². The largest absolute Gasteiger partial charge is 0.493 e. The number of piperidine rings is 1. The number of nitrogens with one attached hydrogen (secondary N) is 1. The van der Waals surface area contributed by atoms with Crippen LogP contribution in [0.4, 0.5) is 0 Å². The topological polar surface area (TPSA) is 30.5 Å². The second kappa shape index (κ2) is 6.23. The van der Waals surface area contributed by atoms with Crippen LogP contribution in [-0.2, 0) is 6.42 Å². The van der Waals surface area contributed by atoms with Crippen molar-refractivity contribution in [3.8, 4) is 11.5 Å². The van der Waals surface area contributed by atoms with Gasteiger partial charge in [-0.15, -0.1) is 0 Å². The van der Waals surface area contributed by atoms with Crippen molar-refractivity contribution in [2.45, 2.75) is 38.2 Å². The summed E-state index contributed by atoms with van der Waals surface area (Å²) in [5, 5.41) is 4.13. The molecule has 1 aliphatic heterocycles. The summed E-state index contributed by atoms with van der Waals surface area (Å²) in [6.45, 7) is 2.25. The van der Waals surface area contributed by atoms with E-state index in [1.165, 1.54) is 18.4 Å². The summed E-state index contributed by atoms with van der Waals surface area (Å²) in [5.74, 6) is 2.17. The normalized spacial score (nSPS) is 22.6. The fourth-order valence-electron chi connectivity index (χ4n) is 2.79. The predicted molar refractivity (Wildman–Crippen MR) is 81.0 cm³/mol. The highest BCUT2D eigenvalue weighted by atomic mass is 35.5. The van der Waals surface area contributed by atoms with Gasteiger partial charge in [0.1, 0.15) is 0 Å². The molecule has 4 heteroatoms. The molecule has 1 unspecified atom stereocenters. The second-order valence-electron chi connectivity index (χ2n) is 5.84. The highest BCUT2D eigenvalue weighted by Gasteiger charge is 2.26. The number of hydrogen-bond acceptors (Lipinski definition) is 3. The molecule has 110 valence electrons. The minimum Gasteiger partial charge on any atom is -0.493 e. The first-order valence-electron chi connectivity index (χ1n) is 7.50. The van der Waals surface area contributed by atoms with E-state index in [9.17, 15) is 0 Å². The van der Waals surface area contributed by atoms with Crippen LogP contribution in [-0.4, -0.2) is 26.3 Å². The molecule has 1 aromatic rings. The van der Waals surface area contributed by atoms with Crippen molar-refractivity contribution in [2.24, 2.45) is 5.92 Å². The molecule has 1 heterocycles. The van der Waals surface area contributed by atoms with Gasteiger partial charge in [-0.2, -0.15) is 0 Å². The third kappa shape index (κ3) is 3.39. The third-order valence-electron chi connectivity index (χ3n) is 4.02. The van der Waals surface area contributed by atoms with Gasteiger partial charge < -0.3 is 14.8 Å². The lowest BCUT2D eigenvalue weighted by molar-refractivity contribution is 0.282. The van der Waals surface area contributed by atoms with Crippen molar-refractivity contribution in [1.82, 2.24) is 5.32 Å². The minimum atomic E-state index is 0.329. The third-order valence-corrected chi connectivity index (χ3v) is 4.30. The number of halogens is 1. The number of benzene rings is 1. The van der Waals surface area contributed by atoms with Gasteiger partial charge in [0.25, 0.3) is 0 Å². The van der Waals surface area contributed by atoms with E-state index in [1.807, 2.05) is 6.07 Å². The molecule has 3 nitrogen and oxygen atoms in total. The van der Waals surface area contributed by atoms with E-state index in [2.05, 4.69) is 11.4 Å². The van der Waals surface area contributed by atoms with E-state index in [-0.39, 0.29) is 0 Å². The molecular formula is C16H22ClNO2. The van der Waals surface area contributed by atoms with Crippen LogP contribution in [0.1, 0.15) is 31.2 Å². The SMILES string of the molecule is COc1cc(CC2CCCNC2)cc(Cl)c1OC1CC1. The number of methoxy groups -OCH3 is 1. The van der Waals surface area contributed by atoms with E-state index in [0.717, 1.165) is 38.1 Å². The van der Waals surface area contributed by atoms with Crippen LogP contribution < -0.4 is 14.8 Å². The minimum absolute atomic E-state index is 0.329. The molecule has 2 fully saturated rings. The van der Waals surface area contributed by atoms with Gasteiger partial charge >= 0.3 is 0 Å². The Balaban J connectivity index is 1.75. The zero-order valence-corrected chi connectivity index (χ0v) is 12.7.